The van der Waals surface area contributed by atoms with E-state index in [1.165, 1.54) is 30.1 Å². The van der Waals surface area contributed by atoms with Gasteiger partial charge in [0.15, 0.2) is 0 Å². The van der Waals surface area contributed by atoms with Crippen LogP contribution in [0.25, 0.3) is 0 Å². The summed E-state index contributed by atoms with van der Waals surface area (Å²) in [6.07, 6.45) is 5.33. The lowest BCUT2D eigenvalue weighted by molar-refractivity contribution is -0.116. The van der Waals surface area contributed by atoms with Gasteiger partial charge in [-0.1, -0.05) is 12.0 Å². The molecule has 1 N–H and O–H groups in total. The molecule has 6 heteroatoms. The van der Waals surface area contributed by atoms with E-state index >= 15 is 0 Å². The van der Waals surface area contributed by atoms with Crippen molar-refractivity contribution in [2.24, 2.45) is 0 Å². The monoisotopic (exact) mass is 353 g/mol. The molecule has 0 spiro atoms. The van der Waals surface area contributed by atoms with Gasteiger partial charge in [-0.25, -0.2) is 4.39 Å². The quantitative estimate of drug-likeness (QED) is 0.841. The number of nitrogens with zero attached hydrogens (tertiary/aromatic N) is 2. The third-order valence-corrected chi connectivity index (χ3v) is 3.72. The minimum atomic E-state index is -0.496. The molecule has 0 saturated heterocycles. The van der Waals surface area contributed by atoms with E-state index in [1.807, 2.05) is 0 Å². The van der Waals surface area contributed by atoms with Gasteiger partial charge in [0, 0.05) is 38.0 Å². The first-order valence-electron chi connectivity index (χ1n) is 7.90. The fourth-order valence-electron chi connectivity index (χ4n) is 2.40. The highest BCUT2D eigenvalue weighted by Gasteiger charge is 2.17. The summed E-state index contributed by atoms with van der Waals surface area (Å²) in [5.41, 5.74) is 1.75. The first kappa shape index (κ1) is 19.0. The van der Waals surface area contributed by atoms with Crippen LogP contribution < -0.4 is 10.2 Å². The molecule has 2 amide bonds. The Morgan fingerprint density at radius 2 is 1.88 bits per heavy atom. The number of likely N-dealkylation sites (N-methyl/N-ethyl adjacent to an activating group) is 1. The Bertz CT molecular complexity index is 872. The van der Waals surface area contributed by atoms with Crippen molar-refractivity contribution in [3.8, 4) is 12.3 Å². The first-order valence-corrected chi connectivity index (χ1v) is 7.90. The number of carbonyl (C=O) groups is 2. The summed E-state index contributed by atoms with van der Waals surface area (Å²) in [6.45, 7) is -0.170. The van der Waals surface area contributed by atoms with Gasteiger partial charge in [0.25, 0.3) is 5.91 Å². The van der Waals surface area contributed by atoms with Crippen LogP contribution in [0.15, 0.2) is 42.5 Å². The van der Waals surface area contributed by atoms with Crippen LogP contribution in [0.4, 0.5) is 15.8 Å². The van der Waals surface area contributed by atoms with Crippen molar-refractivity contribution in [1.29, 1.82) is 0 Å². The number of carbonyl (C=O) groups excluding carboxylic acids is 2. The number of amides is 2. The summed E-state index contributed by atoms with van der Waals surface area (Å²) < 4.78 is 14.0. The van der Waals surface area contributed by atoms with Gasteiger partial charge in [0.05, 0.1) is 12.2 Å². The fourth-order valence-corrected chi connectivity index (χ4v) is 2.40. The van der Waals surface area contributed by atoms with Crippen LogP contribution in [0.1, 0.15) is 15.9 Å². The van der Waals surface area contributed by atoms with Gasteiger partial charge in [-0.2, -0.15) is 0 Å². The molecule has 0 bridgehead atoms. The van der Waals surface area contributed by atoms with Gasteiger partial charge in [0.2, 0.25) is 5.91 Å². The second-order valence-electron chi connectivity index (χ2n) is 6.00. The van der Waals surface area contributed by atoms with Crippen molar-refractivity contribution in [3.05, 3.63) is 59.4 Å². The summed E-state index contributed by atoms with van der Waals surface area (Å²) in [4.78, 5) is 27.4. The van der Waals surface area contributed by atoms with Gasteiger partial charge in [-0.15, -0.1) is 6.42 Å². The first-order chi connectivity index (χ1) is 12.3. The van der Waals surface area contributed by atoms with E-state index in [4.69, 9.17) is 6.42 Å². The second kappa shape index (κ2) is 8.17. The number of hydrogen-bond donors (Lipinski definition) is 1. The number of halogens is 1. The van der Waals surface area contributed by atoms with E-state index in [1.54, 1.807) is 43.3 Å². The third kappa shape index (κ3) is 4.61. The molecular weight excluding hydrogens is 333 g/mol. The summed E-state index contributed by atoms with van der Waals surface area (Å²) in [6, 6.07) is 11.1. The van der Waals surface area contributed by atoms with Gasteiger partial charge in [-0.05, 0) is 36.4 Å². The maximum atomic E-state index is 14.0. The minimum Gasteiger partial charge on any atom is -0.375 e. The van der Waals surface area contributed by atoms with Crippen molar-refractivity contribution in [2.75, 3.05) is 37.9 Å². The van der Waals surface area contributed by atoms with Crippen molar-refractivity contribution in [1.82, 2.24) is 4.90 Å². The molecule has 0 aliphatic carbocycles. The molecule has 0 heterocycles. The molecule has 0 radical (unpaired) electrons. The zero-order valence-electron chi connectivity index (χ0n) is 14.9. The number of hydrogen-bond acceptors (Lipinski definition) is 3. The van der Waals surface area contributed by atoms with Gasteiger partial charge in [0.1, 0.15) is 5.82 Å². The lowest BCUT2D eigenvalue weighted by atomic mass is 10.1. The lowest BCUT2D eigenvalue weighted by Crippen LogP contribution is -2.35. The Hall–Kier alpha value is -3.33. The Balaban J connectivity index is 2.03. The smallest absolute Gasteiger partial charge is 0.254 e. The second-order valence-corrected chi connectivity index (χ2v) is 6.00. The van der Waals surface area contributed by atoms with Crippen LogP contribution in [-0.4, -0.2) is 44.4 Å². The van der Waals surface area contributed by atoms with Crippen LogP contribution in [0.2, 0.25) is 0 Å². The molecular formula is C20H20FN3O2. The van der Waals surface area contributed by atoms with Gasteiger partial charge in [-0.3, -0.25) is 9.59 Å². The standard InChI is InChI=1S/C20H20FN3O2/c1-5-14-7-6-8-16(11-14)22-19(25)13-24(4)20(26)15-9-10-18(23(2)3)17(21)12-15/h1,6-12H,13H2,2-4H3,(H,22,25). The molecule has 0 saturated carbocycles. The summed E-state index contributed by atoms with van der Waals surface area (Å²) in [5.74, 6) is 1.17. The summed E-state index contributed by atoms with van der Waals surface area (Å²) in [7, 11) is 4.91. The van der Waals surface area contributed by atoms with Crippen molar-refractivity contribution in [3.63, 3.8) is 0 Å². The normalized spacial score (nSPS) is 9.96. The average molecular weight is 353 g/mol. The Labute approximate surface area is 152 Å². The molecule has 0 unspecified atom stereocenters. The van der Waals surface area contributed by atoms with Crippen LogP contribution in [0, 0.1) is 18.2 Å². The van der Waals surface area contributed by atoms with Crippen LogP contribution in [-0.2, 0) is 4.79 Å². The van der Waals surface area contributed by atoms with Gasteiger partial charge < -0.3 is 15.1 Å². The number of terminal acetylenes is 1. The molecule has 2 aromatic rings. The average Bonchev–Trinajstić information content (AvgIpc) is 2.60. The molecule has 0 aliphatic rings. The van der Waals surface area contributed by atoms with Crippen molar-refractivity contribution >= 4 is 23.2 Å². The molecule has 5 nitrogen and oxygen atoms in total. The van der Waals surface area contributed by atoms with Crippen LogP contribution >= 0.6 is 0 Å². The van der Waals surface area contributed by atoms with E-state index in [0.717, 1.165) is 0 Å². The molecule has 0 atom stereocenters. The molecule has 0 aliphatic heterocycles. The molecule has 2 rings (SSSR count). The molecule has 26 heavy (non-hydrogen) atoms. The van der Waals surface area contributed by atoms with E-state index in [-0.39, 0.29) is 18.0 Å². The number of benzene rings is 2. The van der Waals surface area contributed by atoms with E-state index in [2.05, 4.69) is 11.2 Å². The highest BCUT2D eigenvalue weighted by molar-refractivity contribution is 5.99. The number of anilines is 2. The largest absolute Gasteiger partial charge is 0.375 e. The third-order valence-electron chi connectivity index (χ3n) is 3.72. The molecule has 2 aromatic carbocycles. The molecule has 134 valence electrons. The zero-order chi connectivity index (χ0) is 19.3. The zero-order valence-corrected chi connectivity index (χ0v) is 14.9. The van der Waals surface area contributed by atoms with E-state index in [0.29, 0.717) is 16.9 Å². The maximum absolute atomic E-state index is 14.0. The van der Waals surface area contributed by atoms with Crippen molar-refractivity contribution in [2.45, 2.75) is 0 Å². The minimum absolute atomic E-state index is 0.170. The molecule has 0 fully saturated rings. The molecule has 0 aromatic heterocycles. The topological polar surface area (TPSA) is 52.7 Å². The van der Waals surface area contributed by atoms with Crippen molar-refractivity contribution < 1.29 is 14.0 Å². The maximum Gasteiger partial charge on any atom is 0.254 e. The Morgan fingerprint density at radius 1 is 1.15 bits per heavy atom. The highest BCUT2D eigenvalue weighted by Crippen LogP contribution is 2.19. The van der Waals surface area contributed by atoms with E-state index in [9.17, 15) is 14.0 Å². The summed E-state index contributed by atoms with van der Waals surface area (Å²) in [5, 5.41) is 2.68. The van der Waals surface area contributed by atoms with E-state index < -0.39 is 11.7 Å². The van der Waals surface area contributed by atoms with Crippen LogP contribution in [0.3, 0.4) is 0 Å². The fraction of sp³-hybridized carbons (Fsp3) is 0.200. The predicted octanol–water partition coefficient (Wildman–Crippen LogP) is 2.58. The lowest BCUT2D eigenvalue weighted by Gasteiger charge is -2.18. The Kier molecular flexibility index (Phi) is 5.97. The predicted molar refractivity (Wildman–Crippen MR) is 101 cm³/mol. The number of nitrogens with one attached hydrogen (secondary N) is 1. The summed E-state index contributed by atoms with van der Waals surface area (Å²) >= 11 is 0. The van der Waals surface area contributed by atoms with Gasteiger partial charge >= 0.3 is 0 Å². The Morgan fingerprint density at radius 3 is 2.50 bits per heavy atom. The number of rotatable bonds is 5. The SMILES string of the molecule is C#Cc1cccc(NC(=O)CN(C)C(=O)c2ccc(N(C)C)c(F)c2)c1. The van der Waals surface area contributed by atoms with Crippen LogP contribution in [0.5, 0.6) is 0 Å². The highest BCUT2D eigenvalue weighted by atomic mass is 19.1.